The van der Waals surface area contributed by atoms with E-state index in [0.717, 1.165) is 31.1 Å². The van der Waals surface area contributed by atoms with Gasteiger partial charge in [0.25, 0.3) is 0 Å². The van der Waals surface area contributed by atoms with Gasteiger partial charge in [0, 0.05) is 0 Å². The van der Waals surface area contributed by atoms with Crippen LogP contribution in [-0.4, -0.2) is 22.4 Å². The van der Waals surface area contributed by atoms with E-state index in [1.165, 1.54) is 25.7 Å². The SMILES string of the molecule is CC1CC23CC(O)C4C(C)(C)CC(O)CC4(C)C2CCC1C3. The van der Waals surface area contributed by atoms with E-state index in [4.69, 9.17) is 0 Å². The third kappa shape index (κ3) is 1.86. The summed E-state index contributed by atoms with van der Waals surface area (Å²) >= 11 is 0. The van der Waals surface area contributed by atoms with Crippen LogP contribution in [0.5, 0.6) is 0 Å². The van der Waals surface area contributed by atoms with Gasteiger partial charge in [-0.3, -0.25) is 0 Å². The summed E-state index contributed by atoms with van der Waals surface area (Å²) in [7, 11) is 0. The van der Waals surface area contributed by atoms with Gasteiger partial charge in [0.2, 0.25) is 0 Å². The Bertz CT molecular complexity index is 468. The molecule has 8 unspecified atom stereocenters. The predicted octanol–water partition coefficient (Wildman–Crippen LogP) is 4.00. The predicted molar refractivity (Wildman–Crippen MR) is 88.3 cm³/mol. The molecule has 2 heteroatoms. The van der Waals surface area contributed by atoms with Crippen molar-refractivity contribution in [2.24, 2.45) is 39.9 Å². The smallest absolute Gasteiger partial charge is 0.0584 e. The summed E-state index contributed by atoms with van der Waals surface area (Å²) in [5.41, 5.74) is 0.544. The van der Waals surface area contributed by atoms with Crippen LogP contribution in [0.15, 0.2) is 0 Å². The molecule has 0 radical (unpaired) electrons. The van der Waals surface area contributed by atoms with E-state index in [-0.39, 0.29) is 23.0 Å². The Kier molecular flexibility index (Phi) is 3.16. The van der Waals surface area contributed by atoms with Gasteiger partial charge in [-0.2, -0.15) is 0 Å². The fourth-order valence-corrected chi connectivity index (χ4v) is 8.50. The molecule has 0 amide bonds. The molecular formula is C20H34O2. The molecule has 4 saturated carbocycles. The van der Waals surface area contributed by atoms with Crippen molar-refractivity contribution in [3.8, 4) is 0 Å². The molecule has 4 fully saturated rings. The molecule has 0 heterocycles. The molecular weight excluding hydrogens is 272 g/mol. The van der Waals surface area contributed by atoms with Gasteiger partial charge < -0.3 is 10.2 Å². The van der Waals surface area contributed by atoms with E-state index >= 15 is 0 Å². The van der Waals surface area contributed by atoms with Crippen LogP contribution in [0.1, 0.15) is 72.6 Å². The molecule has 0 aromatic heterocycles. The van der Waals surface area contributed by atoms with Crippen LogP contribution < -0.4 is 0 Å². The number of aliphatic hydroxyl groups is 2. The molecule has 2 nitrogen and oxygen atoms in total. The Morgan fingerprint density at radius 2 is 1.59 bits per heavy atom. The zero-order chi connectivity index (χ0) is 15.9. The molecule has 0 aromatic carbocycles. The van der Waals surface area contributed by atoms with E-state index in [2.05, 4.69) is 27.7 Å². The number of rotatable bonds is 0. The Morgan fingerprint density at radius 3 is 2.32 bits per heavy atom. The fourth-order valence-electron chi connectivity index (χ4n) is 8.50. The summed E-state index contributed by atoms with van der Waals surface area (Å²) in [5, 5.41) is 21.7. The normalized spacial score (nSPS) is 59.7. The maximum Gasteiger partial charge on any atom is 0.0584 e. The minimum absolute atomic E-state index is 0.0501. The molecule has 8 atom stereocenters. The molecule has 126 valence electrons. The lowest BCUT2D eigenvalue weighted by molar-refractivity contribution is -0.215. The standard InChI is InChI=1S/C20H34O2/c1-12-7-20-8-13(12)5-6-16(20)19(4)10-14(21)9-18(2,3)17(19)15(22)11-20/h12-17,21-22H,5-11H2,1-4H3. The maximum absolute atomic E-state index is 11.1. The van der Waals surface area contributed by atoms with Crippen LogP contribution in [0.25, 0.3) is 0 Å². The molecule has 4 rings (SSSR count). The summed E-state index contributed by atoms with van der Waals surface area (Å²) in [6.07, 6.45) is 7.79. The average molecular weight is 306 g/mol. The number of fused-ring (bicyclic) bond motifs is 3. The van der Waals surface area contributed by atoms with Crippen LogP contribution in [-0.2, 0) is 0 Å². The van der Waals surface area contributed by atoms with Crippen molar-refractivity contribution in [3.63, 3.8) is 0 Å². The topological polar surface area (TPSA) is 40.5 Å². The Hall–Kier alpha value is -0.0800. The minimum Gasteiger partial charge on any atom is -0.393 e. The molecule has 4 aliphatic carbocycles. The molecule has 2 bridgehead atoms. The lowest BCUT2D eigenvalue weighted by atomic mass is 9.40. The molecule has 1 spiro atoms. The Morgan fingerprint density at radius 1 is 0.864 bits per heavy atom. The second kappa shape index (κ2) is 4.51. The van der Waals surface area contributed by atoms with Gasteiger partial charge in [-0.25, -0.2) is 0 Å². The van der Waals surface area contributed by atoms with Crippen molar-refractivity contribution in [1.29, 1.82) is 0 Å². The van der Waals surface area contributed by atoms with Crippen molar-refractivity contribution >= 4 is 0 Å². The van der Waals surface area contributed by atoms with Gasteiger partial charge in [-0.1, -0.05) is 27.7 Å². The van der Waals surface area contributed by atoms with Crippen LogP contribution >= 0.6 is 0 Å². The number of aliphatic hydroxyl groups excluding tert-OH is 2. The highest BCUT2D eigenvalue weighted by Gasteiger charge is 2.66. The zero-order valence-corrected chi connectivity index (χ0v) is 14.8. The Balaban J connectivity index is 1.78. The van der Waals surface area contributed by atoms with Crippen LogP contribution in [0.2, 0.25) is 0 Å². The third-order valence-corrected chi connectivity index (χ3v) is 8.55. The molecule has 22 heavy (non-hydrogen) atoms. The molecule has 0 aliphatic heterocycles. The lowest BCUT2D eigenvalue weighted by Gasteiger charge is -2.66. The summed E-state index contributed by atoms with van der Waals surface area (Å²) in [6.45, 7) is 9.41. The zero-order valence-electron chi connectivity index (χ0n) is 14.8. The quantitative estimate of drug-likeness (QED) is 0.710. The van der Waals surface area contributed by atoms with Gasteiger partial charge in [0.1, 0.15) is 0 Å². The van der Waals surface area contributed by atoms with Crippen LogP contribution in [0, 0.1) is 39.9 Å². The first-order valence-electron chi connectivity index (χ1n) is 9.54. The Labute approximate surface area is 135 Å². The average Bonchev–Trinajstić information content (AvgIpc) is 2.55. The fraction of sp³-hybridized carbons (Fsp3) is 1.00. The van der Waals surface area contributed by atoms with Crippen molar-refractivity contribution < 1.29 is 10.2 Å². The molecule has 4 aliphatic rings. The van der Waals surface area contributed by atoms with Crippen molar-refractivity contribution in [1.82, 2.24) is 0 Å². The van der Waals surface area contributed by atoms with Gasteiger partial charge in [-0.15, -0.1) is 0 Å². The van der Waals surface area contributed by atoms with Crippen molar-refractivity contribution in [3.05, 3.63) is 0 Å². The van der Waals surface area contributed by atoms with E-state index in [1.54, 1.807) is 0 Å². The third-order valence-electron chi connectivity index (χ3n) is 8.55. The molecule has 0 aromatic rings. The maximum atomic E-state index is 11.1. The van der Waals surface area contributed by atoms with Crippen molar-refractivity contribution in [2.45, 2.75) is 84.8 Å². The highest BCUT2D eigenvalue weighted by Crippen LogP contribution is 2.72. The van der Waals surface area contributed by atoms with Gasteiger partial charge in [0.05, 0.1) is 12.2 Å². The van der Waals surface area contributed by atoms with Gasteiger partial charge >= 0.3 is 0 Å². The molecule has 0 saturated heterocycles. The van der Waals surface area contributed by atoms with Crippen molar-refractivity contribution in [2.75, 3.05) is 0 Å². The van der Waals surface area contributed by atoms with Gasteiger partial charge in [-0.05, 0) is 84.9 Å². The first kappa shape index (κ1) is 15.4. The summed E-state index contributed by atoms with van der Waals surface area (Å²) < 4.78 is 0. The second-order valence-electron chi connectivity index (χ2n) is 10.4. The number of hydrogen-bond donors (Lipinski definition) is 2. The minimum atomic E-state index is -0.185. The summed E-state index contributed by atoms with van der Waals surface area (Å²) in [6, 6.07) is 0. The van der Waals surface area contributed by atoms with E-state index < -0.39 is 0 Å². The van der Waals surface area contributed by atoms with E-state index in [1.807, 2.05) is 0 Å². The highest BCUT2D eigenvalue weighted by molar-refractivity contribution is 5.16. The second-order valence-corrected chi connectivity index (χ2v) is 10.4. The van der Waals surface area contributed by atoms with Gasteiger partial charge in [0.15, 0.2) is 0 Å². The van der Waals surface area contributed by atoms with Crippen LogP contribution in [0.3, 0.4) is 0 Å². The molecule has 2 N–H and O–H groups in total. The lowest BCUT2D eigenvalue weighted by Crippen LogP contribution is -2.63. The van der Waals surface area contributed by atoms with E-state index in [0.29, 0.717) is 17.3 Å². The number of hydrogen-bond acceptors (Lipinski definition) is 2. The summed E-state index contributed by atoms with van der Waals surface area (Å²) in [5.74, 6) is 2.79. The first-order valence-corrected chi connectivity index (χ1v) is 9.54. The van der Waals surface area contributed by atoms with Crippen LogP contribution in [0.4, 0.5) is 0 Å². The first-order chi connectivity index (χ1) is 10.2. The monoisotopic (exact) mass is 306 g/mol. The summed E-state index contributed by atoms with van der Waals surface area (Å²) in [4.78, 5) is 0. The highest BCUT2D eigenvalue weighted by atomic mass is 16.3. The van der Waals surface area contributed by atoms with E-state index in [9.17, 15) is 10.2 Å². The largest absolute Gasteiger partial charge is 0.393 e.